The molecule has 102 valence electrons. The molecule has 0 saturated carbocycles. The van der Waals surface area contributed by atoms with Gasteiger partial charge in [0.25, 0.3) is 0 Å². The third-order valence-corrected chi connectivity index (χ3v) is 2.65. The van der Waals surface area contributed by atoms with Gasteiger partial charge >= 0.3 is 0 Å². The lowest BCUT2D eigenvalue weighted by Gasteiger charge is -2.11. The van der Waals surface area contributed by atoms with Crippen molar-refractivity contribution in [2.24, 2.45) is 0 Å². The van der Waals surface area contributed by atoms with Crippen molar-refractivity contribution in [3.63, 3.8) is 0 Å². The van der Waals surface area contributed by atoms with Crippen LogP contribution in [-0.4, -0.2) is 20.3 Å². The highest BCUT2D eigenvalue weighted by molar-refractivity contribution is 5.46. The first-order valence-electron chi connectivity index (χ1n) is 6.22. The summed E-state index contributed by atoms with van der Waals surface area (Å²) in [5, 5.41) is 8.87. The second kappa shape index (κ2) is 7.05. The molecule has 2 aromatic carbocycles. The number of rotatable bonds is 6. The molecule has 4 heteroatoms. The lowest BCUT2D eigenvalue weighted by molar-refractivity contribution is 0.211. The Kier molecular flexibility index (Phi) is 4.85. The van der Waals surface area contributed by atoms with E-state index in [9.17, 15) is 0 Å². The van der Waals surface area contributed by atoms with E-state index in [1.807, 2.05) is 30.3 Å². The van der Waals surface area contributed by atoms with Crippen molar-refractivity contribution in [2.45, 2.75) is 0 Å². The topological polar surface area (TPSA) is 51.5 Å². The predicted octanol–water partition coefficient (Wildman–Crippen LogP) is 3.02. The highest BCUT2D eigenvalue weighted by Crippen LogP contribution is 2.27. The largest absolute Gasteiger partial charge is 0.493 e. The Bertz CT molecular complexity index is 590. The standard InChI is InChI=1S/C16H15NO3/c1-18-15-8-7-13(12-17)11-16(15)20-10-9-19-14-5-3-2-4-6-14/h2-8,11H,9-10H2,1H3. The molecule has 0 unspecified atom stereocenters. The summed E-state index contributed by atoms with van der Waals surface area (Å²) in [6.07, 6.45) is 0. The average molecular weight is 269 g/mol. The zero-order valence-electron chi connectivity index (χ0n) is 11.2. The third-order valence-electron chi connectivity index (χ3n) is 2.65. The number of nitrogens with zero attached hydrogens (tertiary/aromatic N) is 1. The van der Waals surface area contributed by atoms with Crippen LogP contribution in [0.2, 0.25) is 0 Å². The lowest BCUT2D eigenvalue weighted by Crippen LogP contribution is -2.09. The average Bonchev–Trinajstić information content (AvgIpc) is 2.52. The maximum atomic E-state index is 8.87. The van der Waals surface area contributed by atoms with Crippen molar-refractivity contribution in [3.8, 4) is 23.3 Å². The molecule has 4 nitrogen and oxygen atoms in total. The molecule has 0 aromatic heterocycles. The van der Waals surface area contributed by atoms with Crippen molar-refractivity contribution in [2.75, 3.05) is 20.3 Å². The molecule has 0 aliphatic carbocycles. The smallest absolute Gasteiger partial charge is 0.162 e. The van der Waals surface area contributed by atoms with E-state index in [2.05, 4.69) is 6.07 Å². The Hall–Kier alpha value is -2.67. The molecule has 0 fully saturated rings. The van der Waals surface area contributed by atoms with Gasteiger partial charge in [-0.2, -0.15) is 5.26 Å². The number of para-hydroxylation sites is 1. The summed E-state index contributed by atoms with van der Waals surface area (Å²) >= 11 is 0. The van der Waals surface area contributed by atoms with Crippen molar-refractivity contribution < 1.29 is 14.2 Å². The first-order valence-corrected chi connectivity index (χ1v) is 6.22. The lowest BCUT2D eigenvalue weighted by atomic mass is 10.2. The van der Waals surface area contributed by atoms with Crippen LogP contribution in [0.3, 0.4) is 0 Å². The minimum atomic E-state index is 0.375. The van der Waals surface area contributed by atoms with Gasteiger partial charge in [-0.15, -0.1) is 0 Å². The fourth-order valence-electron chi connectivity index (χ4n) is 1.69. The maximum Gasteiger partial charge on any atom is 0.162 e. The van der Waals surface area contributed by atoms with E-state index in [1.54, 1.807) is 25.3 Å². The van der Waals surface area contributed by atoms with E-state index in [1.165, 1.54) is 0 Å². The summed E-state index contributed by atoms with van der Waals surface area (Å²) in [5.41, 5.74) is 0.532. The van der Waals surface area contributed by atoms with Crippen molar-refractivity contribution in [1.82, 2.24) is 0 Å². The summed E-state index contributed by atoms with van der Waals surface area (Å²) in [6, 6.07) is 16.7. The van der Waals surface area contributed by atoms with E-state index in [-0.39, 0.29) is 0 Å². The zero-order valence-corrected chi connectivity index (χ0v) is 11.2. The molecule has 0 heterocycles. The molecule has 0 saturated heterocycles. The van der Waals surface area contributed by atoms with Gasteiger partial charge in [-0.25, -0.2) is 0 Å². The first-order chi connectivity index (χ1) is 9.83. The molecule has 0 aliphatic rings. The van der Waals surface area contributed by atoms with Gasteiger partial charge in [0.05, 0.1) is 18.7 Å². The highest BCUT2D eigenvalue weighted by Gasteiger charge is 2.05. The van der Waals surface area contributed by atoms with Gasteiger partial charge in [-0.1, -0.05) is 18.2 Å². The van der Waals surface area contributed by atoms with Gasteiger partial charge in [0.15, 0.2) is 11.5 Å². The molecule has 0 radical (unpaired) electrons. The van der Waals surface area contributed by atoms with E-state index < -0.39 is 0 Å². The highest BCUT2D eigenvalue weighted by atomic mass is 16.5. The van der Waals surface area contributed by atoms with Crippen LogP contribution in [0.4, 0.5) is 0 Å². The summed E-state index contributed by atoms with van der Waals surface area (Å²) in [7, 11) is 1.56. The Balaban J connectivity index is 1.89. The van der Waals surface area contributed by atoms with E-state index in [0.717, 1.165) is 5.75 Å². The molecule has 0 aliphatic heterocycles. The number of hydrogen-bond acceptors (Lipinski definition) is 4. The van der Waals surface area contributed by atoms with E-state index >= 15 is 0 Å². The Morgan fingerprint density at radius 3 is 2.40 bits per heavy atom. The van der Waals surface area contributed by atoms with Gasteiger partial charge in [-0.05, 0) is 24.3 Å². The number of hydrogen-bond donors (Lipinski definition) is 0. The second-order valence-corrected chi connectivity index (χ2v) is 3.99. The normalized spacial score (nSPS) is 9.60. The van der Waals surface area contributed by atoms with Gasteiger partial charge in [0.1, 0.15) is 19.0 Å². The molecule has 0 amide bonds. The van der Waals surface area contributed by atoms with Crippen molar-refractivity contribution in [1.29, 1.82) is 5.26 Å². The first kappa shape index (κ1) is 13.8. The van der Waals surface area contributed by atoms with Gasteiger partial charge < -0.3 is 14.2 Å². The molecule has 0 bridgehead atoms. The Morgan fingerprint density at radius 1 is 0.950 bits per heavy atom. The van der Waals surface area contributed by atoms with Crippen LogP contribution in [0.25, 0.3) is 0 Å². The number of methoxy groups -OCH3 is 1. The molecular formula is C16H15NO3. The van der Waals surface area contributed by atoms with Crippen LogP contribution in [0, 0.1) is 11.3 Å². The zero-order chi connectivity index (χ0) is 14.2. The SMILES string of the molecule is COc1ccc(C#N)cc1OCCOc1ccccc1. The van der Waals surface area contributed by atoms with Crippen molar-refractivity contribution in [3.05, 3.63) is 54.1 Å². The molecule has 0 N–H and O–H groups in total. The molecule has 0 atom stereocenters. The summed E-state index contributed by atoms with van der Waals surface area (Å²) in [6.45, 7) is 0.796. The number of nitriles is 1. The molecule has 20 heavy (non-hydrogen) atoms. The van der Waals surface area contributed by atoms with Crippen molar-refractivity contribution >= 4 is 0 Å². The Morgan fingerprint density at radius 2 is 1.70 bits per heavy atom. The van der Waals surface area contributed by atoms with Crippen LogP contribution in [-0.2, 0) is 0 Å². The quantitative estimate of drug-likeness (QED) is 0.756. The van der Waals surface area contributed by atoms with E-state index in [0.29, 0.717) is 30.3 Å². The molecular weight excluding hydrogens is 254 g/mol. The number of benzene rings is 2. The summed E-state index contributed by atoms with van der Waals surface area (Å²) in [4.78, 5) is 0. The number of ether oxygens (including phenoxy) is 3. The fraction of sp³-hybridized carbons (Fsp3) is 0.188. The van der Waals surface area contributed by atoms with E-state index in [4.69, 9.17) is 19.5 Å². The van der Waals surface area contributed by atoms with Crippen LogP contribution in [0.5, 0.6) is 17.2 Å². The van der Waals surface area contributed by atoms with Crippen LogP contribution >= 0.6 is 0 Å². The van der Waals surface area contributed by atoms with Crippen LogP contribution in [0.1, 0.15) is 5.56 Å². The molecule has 2 rings (SSSR count). The third kappa shape index (κ3) is 3.66. The van der Waals surface area contributed by atoms with Crippen LogP contribution in [0.15, 0.2) is 48.5 Å². The summed E-state index contributed by atoms with van der Waals surface area (Å²) < 4.78 is 16.3. The second-order valence-electron chi connectivity index (χ2n) is 3.99. The monoisotopic (exact) mass is 269 g/mol. The summed E-state index contributed by atoms with van der Waals surface area (Å²) in [5.74, 6) is 1.95. The predicted molar refractivity (Wildman–Crippen MR) is 75.1 cm³/mol. The van der Waals surface area contributed by atoms with Crippen LogP contribution < -0.4 is 14.2 Å². The molecule has 2 aromatic rings. The minimum Gasteiger partial charge on any atom is -0.493 e. The minimum absolute atomic E-state index is 0.375. The maximum absolute atomic E-state index is 8.87. The Labute approximate surface area is 118 Å². The van der Waals surface area contributed by atoms with Gasteiger partial charge in [0.2, 0.25) is 0 Å². The fourth-order valence-corrected chi connectivity index (χ4v) is 1.69. The molecule has 0 spiro atoms. The van der Waals surface area contributed by atoms with Gasteiger partial charge in [-0.3, -0.25) is 0 Å². The van der Waals surface area contributed by atoms with Gasteiger partial charge in [0, 0.05) is 6.07 Å².